The highest BCUT2D eigenvalue weighted by atomic mass is 13.9. The molecule has 0 nitrogen and oxygen atoms in total. The smallest absolute Gasteiger partial charge is 0.0169 e. The third kappa shape index (κ3) is 6.15. The van der Waals surface area contributed by atoms with Crippen LogP contribution in [0.1, 0.15) is 32.1 Å². The highest BCUT2D eigenvalue weighted by molar-refractivity contribution is 5.02. The fourth-order valence-electron chi connectivity index (χ4n) is 1.24. The van der Waals surface area contributed by atoms with Gasteiger partial charge in [0.15, 0.2) is 0 Å². The molecule has 0 heterocycles. The molecule has 13 heavy (non-hydrogen) atoms. The minimum absolute atomic E-state index is 1.14. The molecule has 2 aliphatic rings. The molecule has 70 valence electrons. The molecule has 0 aliphatic heterocycles. The summed E-state index contributed by atoms with van der Waals surface area (Å²) in [6, 6.07) is 0. The Hall–Kier alpha value is -1.04. The van der Waals surface area contributed by atoms with Crippen LogP contribution in [0.3, 0.4) is 0 Å². The molecule has 0 spiro atoms. The van der Waals surface area contributed by atoms with Crippen LogP contribution in [-0.4, -0.2) is 0 Å². The Morgan fingerprint density at radius 2 is 0.692 bits per heavy atom. The lowest BCUT2D eigenvalue weighted by Crippen LogP contribution is -1.66. The van der Waals surface area contributed by atoms with Gasteiger partial charge in [-0.3, -0.25) is 0 Å². The summed E-state index contributed by atoms with van der Waals surface area (Å²) in [6.45, 7) is 0. The van der Waals surface area contributed by atoms with Gasteiger partial charge >= 0.3 is 0 Å². The quantitative estimate of drug-likeness (QED) is 0.483. The lowest BCUT2D eigenvalue weighted by atomic mass is 10.2. The highest BCUT2D eigenvalue weighted by Crippen LogP contribution is 2.00. The van der Waals surface area contributed by atoms with Crippen molar-refractivity contribution in [3.8, 4) is 0 Å². The molecule has 0 aromatic heterocycles. The first-order valence-corrected chi connectivity index (χ1v) is 5.10. The second kappa shape index (κ2) is 7.60. The van der Waals surface area contributed by atoms with Gasteiger partial charge in [0, 0.05) is 0 Å². The SMILES string of the molecule is C1=CCC=CC1.C1=CCCC=CC1. The van der Waals surface area contributed by atoms with Crippen molar-refractivity contribution >= 4 is 0 Å². The molecule has 0 aromatic carbocycles. The molecule has 0 saturated heterocycles. The van der Waals surface area contributed by atoms with E-state index >= 15 is 0 Å². The number of allylic oxidation sites excluding steroid dienone is 8. The fourth-order valence-corrected chi connectivity index (χ4v) is 1.24. The van der Waals surface area contributed by atoms with Gasteiger partial charge in [0.25, 0.3) is 0 Å². The van der Waals surface area contributed by atoms with E-state index in [2.05, 4.69) is 48.6 Å². The summed E-state index contributed by atoms with van der Waals surface area (Å²) in [7, 11) is 0. The molecule has 0 fully saturated rings. The fraction of sp³-hybridized carbons (Fsp3) is 0.385. The second-order valence-corrected chi connectivity index (χ2v) is 3.17. The van der Waals surface area contributed by atoms with Gasteiger partial charge in [-0.25, -0.2) is 0 Å². The van der Waals surface area contributed by atoms with E-state index < -0.39 is 0 Å². The molecular weight excluding hydrogens is 156 g/mol. The summed E-state index contributed by atoms with van der Waals surface area (Å²) in [6.07, 6.45) is 23.5. The van der Waals surface area contributed by atoms with Crippen LogP contribution >= 0.6 is 0 Å². The Morgan fingerprint density at radius 1 is 0.385 bits per heavy atom. The van der Waals surface area contributed by atoms with E-state index in [9.17, 15) is 0 Å². The number of hydrogen-bond acceptors (Lipinski definition) is 0. The van der Waals surface area contributed by atoms with E-state index in [1.165, 1.54) is 12.8 Å². The van der Waals surface area contributed by atoms with Gasteiger partial charge in [0.2, 0.25) is 0 Å². The predicted octanol–water partition coefficient (Wildman–Crippen LogP) is 4.18. The van der Waals surface area contributed by atoms with Crippen LogP contribution in [0.4, 0.5) is 0 Å². The van der Waals surface area contributed by atoms with Crippen LogP contribution in [0.2, 0.25) is 0 Å². The minimum atomic E-state index is 1.14. The van der Waals surface area contributed by atoms with E-state index in [1.54, 1.807) is 0 Å². The molecule has 2 aliphatic carbocycles. The number of rotatable bonds is 0. The topological polar surface area (TPSA) is 0 Å². The van der Waals surface area contributed by atoms with Crippen molar-refractivity contribution in [1.29, 1.82) is 0 Å². The maximum absolute atomic E-state index is 2.24. The van der Waals surface area contributed by atoms with Crippen LogP contribution in [-0.2, 0) is 0 Å². The Balaban J connectivity index is 0.000000132. The van der Waals surface area contributed by atoms with Crippen molar-refractivity contribution in [1.82, 2.24) is 0 Å². The lowest BCUT2D eigenvalue weighted by molar-refractivity contribution is 1.06. The molecule has 0 saturated carbocycles. The number of hydrogen-bond donors (Lipinski definition) is 0. The molecule has 0 aromatic rings. The maximum Gasteiger partial charge on any atom is -0.0169 e. The van der Waals surface area contributed by atoms with Gasteiger partial charge in [0.1, 0.15) is 0 Å². The second-order valence-electron chi connectivity index (χ2n) is 3.17. The molecular formula is C13H18. The van der Waals surface area contributed by atoms with Crippen molar-refractivity contribution < 1.29 is 0 Å². The van der Waals surface area contributed by atoms with E-state index in [-0.39, 0.29) is 0 Å². The Kier molecular flexibility index (Phi) is 5.87. The largest absolute Gasteiger partial charge is 0.0879 e. The van der Waals surface area contributed by atoms with Crippen molar-refractivity contribution in [2.24, 2.45) is 0 Å². The molecule has 0 N–H and O–H groups in total. The molecule has 2 rings (SSSR count). The van der Waals surface area contributed by atoms with E-state index in [0.717, 1.165) is 19.3 Å². The van der Waals surface area contributed by atoms with E-state index in [0.29, 0.717) is 0 Å². The van der Waals surface area contributed by atoms with Gasteiger partial charge < -0.3 is 0 Å². The van der Waals surface area contributed by atoms with Crippen molar-refractivity contribution in [3.63, 3.8) is 0 Å². The van der Waals surface area contributed by atoms with Gasteiger partial charge in [-0.15, -0.1) is 0 Å². The Morgan fingerprint density at radius 3 is 1.08 bits per heavy atom. The zero-order valence-corrected chi connectivity index (χ0v) is 8.15. The summed E-state index contributed by atoms with van der Waals surface area (Å²) in [5, 5.41) is 0. The first-order valence-electron chi connectivity index (χ1n) is 5.10. The predicted molar refractivity (Wildman–Crippen MR) is 59.6 cm³/mol. The minimum Gasteiger partial charge on any atom is -0.0879 e. The van der Waals surface area contributed by atoms with Gasteiger partial charge in [-0.2, -0.15) is 0 Å². The molecule has 0 radical (unpaired) electrons. The van der Waals surface area contributed by atoms with Crippen molar-refractivity contribution in [3.05, 3.63) is 48.6 Å². The summed E-state index contributed by atoms with van der Waals surface area (Å²) in [4.78, 5) is 0. The average molecular weight is 174 g/mol. The zero-order chi connectivity index (χ0) is 9.19. The van der Waals surface area contributed by atoms with Gasteiger partial charge in [0.05, 0.1) is 0 Å². The van der Waals surface area contributed by atoms with Gasteiger partial charge in [-0.1, -0.05) is 48.6 Å². The Bertz CT molecular complexity index is 184. The molecule has 0 unspecified atom stereocenters. The third-order valence-corrected chi connectivity index (χ3v) is 1.98. The lowest BCUT2D eigenvalue weighted by Gasteiger charge is -1.87. The average Bonchev–Trinajstić information content (AvgIpc) is 2.53. The Labute approximate surface area is 81.4 Å². The molecule has 0 amide bonds. The van der Waals surface area contributed by atoms with Crippen molar-refractivity contribution in [2.45, 2.75) is 32.1 Å². The van der Waals surface area contributed by atoms with E-state index in [4.69, 9.17) is 0 Å². The summed E-state index contributed by atoms with van der Waals surface area (Å²) >= 11 is 0. The highest BCUT2D eigenvalue weighted by Gasteiger charge is 1.79. The molecule has 0 heteroatoms. The van der Waals surface area contributed by atoms with E-state index in [1.807, 2.05) is 0 Å². The first-order chi connectivity index (χ1) is 6.50. The van der Waals surface area contributed by atoms with Crippen LogP contribution in [0, 0.1) is 0 Å². The molecule has 0 atom stereocenters. The van der Waals surface area contributed by atoms with Crippen LogP contribution in [0.5, 0.6) is 0 Å². The van der Waals surface area contributed by atoms with Crippen LogP contribution in [0.15, 0.2) is 48.6 Å². The summed E-state index contributed by atoms with van der Waals surface area (Å²) in [5.74, 6) is 0. The standard InChI is InChI=1S/C7H10.C6H8/c1-2-4-6-7-5-3-1;1-2-4-6-5-3-1/h1-2,5,7H,3-4,6H2;1-2,5-6H,3-4H2. The summed E-state index contributed by atoms with van der Waals surface area (Å²) < 4.78 is 0. The molecule has 0 bridgehead atoms. The summed E-state index contributed by atoms with van der Waals surface area (Å²) in [5.41, 5.74) is 0. The van der Waals surface area contributed by atoms with Crippen LogP contribution < -0.4 is 0 Å². The van der Waals surface area contributed by atoms with Crippen molar-refractivity contribution in [2.75, 3.05) is 0 Å². The van der Waals surface area contributed by atoms with Crippen LogP contribution in [0.25, 0.3) is 0 Å². The third-order valence-electron chi connectivity index (χ3n) is 1.98. The first kappa shape index (κ1) is 10.0. The monoisotopic (exact) mass is 174 g/mol. The van der Waals surface area contributed by atoms with Gasteiger partial charge in [-0.05, 0) is 32.1 Å². The normalized spacial score (nSPS) is 19.1. The maximum atomic E-state index is 2.24. The zero-order valence-electron chi connectivity index (χ0n) is 8.15.